The monoisotopic (exact) mass is 1420 g/mol. The van der Waals surface area contributed by atoms with Gasteiger partial charge in [0.05, 0.1) is 26.4 Å². The number of carbonyl (C=O) groups is 4. The van der Waals surface area contributed by atoms with Crippen molar-refractivity contribution in [3.8, 4) is 0 Å². The number of esters is 4. The minimum atomic E-state index is -4.97. The summed E-state index contributed by atoms with van der Waals surface area (Å²) >= 11 is 0. The number of aliphatic hydroxyl groups excluding tert-OH is 1. The second kappa shape index (κ2) is 68.0. The van der Waals surface area contributed by atoms with Gasteiger partial charge in [-0.2, -0.15) is 0 Å². The van der Waals surface area contributed by atoms with Crippen LogP contribution in [-0.4, -0.2) is 96.7 Å². The summed E-state index contributed by atoms with van der Waals surface area (Å²) in [6.07, 6.45) is 58.0. The van der Waals surface area contributed by atoms with Crippen molar-refractivity contribution >= 4 is 39.5 Å². The van der Waals surface area contributed by atoms with Crippen LogP contribution < -0.4 is 0 Å². The van der Waals surface area contributed by atoms with Crippen molar-refractivity contribution in [1.82, 2.24) is 0 Å². The summed E-state index contributed by atoms with van der Waals surface area (Å²) in [6.45, 7) is 11.8. The zero-order chi connectivity index (χ0) is 71.6. The number of phosphoric acid groups is 2. The van der Waals surface area contributed by atoms with Crippen molar-refractivity contribution in [3.63, 3.8) is 0 Å². The predicted molar refractivity (Wildman–Crippen MR) is 395 cm³/mol. The van der Waals surface area contributed by atoms with Crippen molar-refractivity contribution < 1.29 is 80.2 Å². The molecule has 3 N–H and O–H groups in total. The van der Waals surface area contributed by atoms with E-state index in [4.69, 9.17) is 37.0 Å². The van der Waals surface area contributed by atoms with Crippen LogP contribution in [0.4, 0.5) is 0 Å². The van der Waals surface area contributed by atoms with E-state index in [1.165, 1.54) is 161 Å². The van der Waals surface area contributed by atoms with Crippen LogP contribution >= 0.6 is 15.6 Å². The van der Waals surface area contributed by atoms with Gasteiger partial charge in [-0.05, 0) is 69.1 Å². The van der Waals surface area contributed by atoms with Gasteiger partial charge in [0.15, 0.2) is 12.2 Å². The van der Waals surface area contributed by atoms with Crippen LogP contribution in [0.1, 0.15) is 376 Å². The van der Waals surface area contributed by atoms with Gasteiger partial charge in [0, 0.05) is 25.7 Å². The molecule has 3 unspecified atom stereocenters. The van der Waals surface area contributed by atoms with Gasteiger partial charge in [-0.3, -0.25) is 37.3 Å². The first-order valence-corrected chi connectivity index (χ1v) is 42.7. The first-order valence-electron chi connectivity index (χ1n) is 39.7. The molecule has 97 heavy (non-hydrogen) atoms. The third-order valence-electron chi connectivity index (χ3n) is 17.9. The van der Waals surface area contributed by atoms with Crippen LogP contribution in [-0.2, 0) is 65.4 Å². The summed E-state index contributed by atoms with van der Waals surface area (Å²) in [4.78, 5) is 72.7. The molecular formula is C78H148O17P2. The molecule has 0 aromatic carbocycles. The zero-order valence-corrected chi connectivity index (χ0v) is 64.8. The number of ether oxygens (including phenoxy) is 4. The van der Waals surface area contributed by atoms with Crippen LogP contribution in [0.15, 0.2) is 24.3 Å². The average Bonchev–Trinajstić information content (AvgIpc) is 1.40. The summed E-state index contributed by atoms with van der Waals surface area (Å²) in [5, 5.41) is 10.6. The van der Waals surface area contributed by atoms with Gasteiger partial charge in [0.25, 0.3) is 0 Å². The lowest BCUT2D eigenvalue weighted by Gasteiger charge is -2.21. The molecule has 0 saturated carbocycles. The highest BCUT2D eigenvalue weighted by Crippen LogP contribution is 2.45. The Morgan fingerprint density at radius 1 is 0.340 bits per heavy atom. The maximum absolute atomic E-state index is 13.1. The highest BCUT2D eigenvalue weighted by molar-refractivity contribution is 7.47. The Labute approximate surface area is 592 Å². The minimum Gasteiger partial charge on any atom is -0.462 e. The zero-order valence-electron chi connectivity index (χ0n) is 63.0. The average molecular weight is 1420 g/mol. The molecule has 17 nitrogen and oxygen atoms in total. The van der Waals surface area contributed by atoms with Crippen molar-refractivity contribution in [1.29, 1.82) is 0 Å². The largest absolute Gasteiger partial charge is 0.472 e. The predicted octanol–water partition coefficient (Wildman–Crippen LogP) is 22.5. The molecule has 0 fully saturated rings. The van der Waals surface area contributed by atoms with Gasteiger partial charge < -0.3 is 33.8 Å². The van der Waals surface area contributed by atoms with E-state index in [9.17, 15) is 43.2 Å². The molecule has 0 heterocycles. The number of hydrogen-bond acceptors (Lipinski definition) is 15. The third kappa shape index (κ3) is 70.4. The number of allylic oxidation sites excluding steroid dienone is 4. The Morgan fingerprint density at radius 3 is 0.918 bits per heavy atom. The van der Waals surface area contributed by atoms with Gasteiger partial charge >= 0.3 is 39.5 Å². The van der Waals surface area contributed by atoms with E-state index >= 15 is 0 Å². The second-order valence-electron chi connectivity index (χ2n) is 28.6. The molecule has 0 aromatic heterocycles. The van der Waals surface area contributed by atoms with Gasteiger partial charge in [0.1, 0.15) is 19.3 Å². The summed E-state index contributed by atoms with van der Waals surface area (Å²) < 4.78 is 68.4. The lowest BCUT2D eigenvalue weighted by atomic mass is 9.99. The molecule has 0 aliphatic heterocycles. The maximum atomic E-state index is 13.1. The maximum Gasteiger partial charge on any atom is 0.472 e. The number of phosphoric ester groups is 2. The standard InChI is InChI=1S/C78H148O17P2/c1-8-10-11-12-13-14-15-16-21-25-28-31-37-45-52-59-75(80)88-65-73(94-77(82)61-54-47-38-32-29-26-23-20-18-17-19-22-24-27-30-36-44-51-58-71(7)9-2)67-92-96(84,85)90-63-72(79)64-91-97(86,87)93-68-74(66-89-76(81)60-53-46-41-40-43-50-57-70(5)6)95-78(83)62-55-48-39-34-33-35-42-49-56-69(3)4/h14-16,21,69-74,79H,8-13,17-20,22-68H2,1-7H3,(H,84,85)(H,86,87)/b15-14-,21-16-/t71?,72-,73-,74-/m1/s1. The summed E-state index contributed by atoms with van der Waals surface area (Å²) in [7, 11) is -9.92. The topological polar surface area (TPSA) is 237 Å². The third-order valence-corrected chi connectivity index (χ3v) is 19.8. The summed E-state index contributed by atoms with van der Waals surface area (Å²) in [6, 6.07) is 0. The number of unbranched alkanes of at least 4 members (excludes halogenated alkanes) is 38. The lowest BCUT2D eigenvalue weighted by Crippen LogP contribution is -2.30. The SMILES string of the molecule is CCCCCC/C=C\C=C/CCCCCCCC(=O)OC[C@H](COP(=O)(O)OC[C@@H](O)COP(=O)(O)OC[C@@H](COC(=O)CCCCCCCCC(C)C)OC(=O)CCCCCCCCCCC(C)C)OC(=O)CCCCCCCCCCCCCCCCCCCCC(C)CC. The molecule has 0 spiro atoms. The molecule has 0 aromatic rings. The number of aliphatic hydroxyl groups is 1. The Bertz CT molecular complexity index is 1980. The normalized spacial score (nSPS) is 14.5. The molecule has 0 aliphatic carbocycles. The number of hydrogen-bond donors (Lipinski definition) is 3. The van der Waals surface area contributed by atoms with Crippen molar-refractivity contribution in [3.05, 3.63) is 24.3 Å². The van der Waals surface area contributed by atoms with Gasteiger partial charge in [-0.1, -0.05) is 323 Å². The smallest absolute Gasteiger partial charge is 0.462 e. The van der Waals surface area contributed by atoms with Crippen LogP contribution in [0.2, 0.25) is 0 Å². The van der Waals surface area contributed by atoms with E-state index in [0.29, 0.717) is 37.5 Å². The first kappa shape index (κ1) is 94.5. The van der Waals surface area contributed by atoms with Crippen molar-refractivity contribution in [2.75, 3.05) is 39.6 Å². The molecule has 0 radical (unpaired) electrons. The first-order chi connectivity index (χ1) is 46.8. The molecule has 572 valence electrons. The molecule has 0 bridgehead atoms. The van der Waals surface area contributed by atoms with Gasteiger partial charge in [-0.15, -0.1) is 0 Å². The van der Waals surface area contributed by atoms with E-state index in [-0.39, 0.29) is 25.7 Å². The van der Waals surface area contributed by atoms with Crippen molar-refractivity contribution in [2.24, 2.45) is 17.8 Å². The fraction of sp³-hybridized carbons (Fsp3) is 0.897. The van der Waals surface area contributed by atoms with E-state index < -0.39 is 97.5 Å². The lowest BCUT2D eigenvalue weighted by molar-refractivity contribution is -0.161. The molecule has 0 aliphatic rings. The van der Waals surface area contributed by atoms with Crippen LogP contribution in [0.3, 0.4) is 0 Å². The second-order valence-corrected chi connectivity index (χ2v) is 31.5. The highest BCUT2D eigenvalue weighted by atomic mass is 31.2. The van der Waals surface area contributed by atoms with Crippen LogP contribution in [0.25, 0.3) is 0 Å². The van der Waals surface area contributed by atoms with E-state index in [1.54, 1.807) is 0 Å². The van der Waals surface area contributed by atoms with Crippen LogP contribution in [0, 0.1) is 17.8 Å². The van der Waals surface area contributed by atoms with E-state index in [2.05, 4.69) is 72.8 Å². The highest BCUT2D eigenvalue weighted by Gasteiger charge is 2.30. The van der Waals surface area contributed by atoms with Gasteiger partial charge in [0.2, 0.25) is 0 Å². The number of rotatable bonds is 74. The molecule has 6 atom stereocenters. The van der Waals surface area contributed by atoms with Crippen LogP contribution in [0.5, 0.6) is 0 Å². The van der Waals surface area contributed by atoms with Crippen molar-refractivity contribution in [2.45, 2.75) is 394 Å². The quantitative estimate of drug-likeness (QED) is 0.0169. The van der Waals surface area contributed by atoms with Gasteiger partial charge in [-0.25, -0.2) is 9.13 Å². The fourth-order valence-corrected chi connectivity index (χ4v) is 13.0. The Morgan fingerprint density at radius 2 is 0.608 bits per heavy atom. The minimum absolute atomic E-state index is 0.101. The molecular weight excluding hydrogens is 1270 g/mol. The Hall–Kier alpha value is -2.46. The number of carbonyl (C=O) groups excluding carboxylic acids is 4. The summed E-state index contributed by atoms with van der Waals surface area (Å²) in [5.74, 6) is 0.113. The summed E-state index contributed by atoms with van der Waals surface area (Å²) in [5.41, 5.74) is 0. The molecule has 0 saturated heterocycles. The molecule has 0 amide bonds. The fourth-order valence-electron chi connectivity index (χ4n) is 11.4. The Kier molecular flexibility index (Phi) is 66.3. The molecule has 0 rings (SSSR count). The van der Waals surface area contributed by atoms with E-state index in [0.717, 1.165) is 121 Å². The Balaban J connectivity index is 5.22. The van der Waals surface area contributed by atoms with E-state index in [1.807, 2.05) is 0 Å². The molecule has 19 heteroatoms.